The fraction of sp³-hybridized carbons (Fsp3) is 0.222. The van der Waals surface area contributed by atoms with E-state index in [9.17, 15) is 0 Å². The Morgan fingerprint density at radius 1 is 0.667 bits per heavy atom. The van der Waals surface area contributed by atoms with E-state index in [2.05, 4.69) is 106 Å². The maximum atomic E-state index is 4.86. The van der Waals surface area contributed by atoms with Crippen molar-refractivity contribution in [1.29, 1.82) is 0 Å². The molecule has 0 amide bonds. The monoisotopic (exact) mass is 395 g/mol. The van der Waals surface area contributed by atoms with Crippen LogP contribution in [-0.2, 0) is 0 Å². The maximum absolute atomic E-state index is 4.86. The molecule has 0 fully saturated rings. The molecule has 0 atom stereocenters. The van der Waals surface area contributed by atoms with Gasteiger partial charge in [0.25, 0.3) is 0 Å². The molecule has 4 rings (SSSR count). The Kier molecular flexibility index (Phi) is 5.21. The average Bonchev–Trinajstić information content (AvgIpc) is 3.04. The van der Waals surface area contributed by atoms with Crippen molar-refractivity contribution in [2.24, 2.45) is 5.10 Å². The lowest BCUT2D eigenvalue weighted by molar-refractivity contribution is 1.01. The van der Waals surface area contributed by atoms with Crippen LogP contribution in [0.25, 0.3) is 6.08 Å². The van der Waals surface area contributed by atoms with Crippen molar-refractivity contribution in [3.05, 3.63) is 99.4 Å². The van der Waals surface area contributed by atoms with Crippen molar-refractivity contribution in [2.75, 3.05) is 9.91 Å². The molecule has 0 spiro atoms. The molecular formula is C27H29N3. The van der Waals surface area contributed by atoms with E-state index in [4.69, 9.17) is 5.10 Å². The summed E-state index contributed by atoms with van der Waals surface area (Å²) in [5.74, 6) is 1.03. The molecule has 0 aromatic heterocycles. The number of nitrogens with zero attached hydrogens (tertiary/aromatic N) is 3. The zero-order valence-electron chi connectivity index (χ0n) is 18.7. The number of benzene rings is 3. The molecule has 0 N–H and O–H groups in total. The Hall–Kier alpha value is -3.33. The summed E-state index contributed by atoms with van der Waals surface area (Å²) in [5.41, 5.74) is 11.0. The lowest BCUT2D eigenvalue weighted by Crippen LogP contribution is -2.26. The van der Waals surface area contributed by atoms with Crippen LogP contribution in [0.3, 0.4) is 0 Å². The minimum absolute atomic E-state index is 1.03. The molecule has 1 heterocycles. The number of hydrazone groups is 1. The van der Waals surface area contributed by atoms with Gasteiger partial charge in [-0.3, -0.25) is 4.90 Å². The SMILES string of the molecule is Cc1cc(C)c(N2C=NN(c3c(C)cc(C)cc3C)C2=Cc2ccccc2)c(C)c1. The van der Waals surface area contributed by atoms with E-state index in [0.717, 1.165) is 17.1 Å². The smallest absolute Gasteiger partial charge is 0.141 e. The summed E-state index contributed by atoms with van der Waals surface area (Å²) in [6.45, 7) is 13.0. The van der Waals surface area contributed by atoms with Crippen LogP contribution in [0, 0.1) is 41.5 Å². The number of anilines is 2. The zero-order chi connectivity index (χ0) is 21.4. The predicted octanol–water partition coefficient (Wildman–Crippen LogP) is 6.81. The molecule has 1 aliphatic heterocycles. The molecule has 3 heteroatoms. The Morgan fingerprint density at radius 2 is 1.17 bits per heavy atom. The molecule has 3 nitrogen and oxygen atoms in total. The highest BCUT2D eigenvalue weighted by Gasteiger charge is 2.28. The largest absolute Gasteiger partial charge is 0.283 e. The second kappa shape index (κ2) is 7.83. The average molecular weight is 396 g/mol. The summed E-state index contributed by atoms with van der Waals surface area (Å²) in [6, 6.07) is 19.4. The fourth-order valence-electron chi connectivity index (χ4n) is 4.56. The lowest BCUT2D eigenvalue weighted by Gasteiger charge is -2.27. The highest BCUT2D eigenvalue weighted by Crippen LogP contribution is 2.38. The van der Waals surface area contributed by atoms with Crippen LogP contribution in [0.15, 0.2) is 65.5 Å². The van der Waals surface area contributed by atoms with Crippen LogP contribution in [0.2, 0.25) is 0 Å². The molecule has 0 saturated carbocycles. The van der Waals surface area contributed by atoms with Gasteiger partial charge >= 0.3 is 0 Å². The van der Waals surface area contributed by atoms with E-state index >= 15 is 0 Å². The Labute approximate surface area is 180 Å². The van der Waals surface area contributed by atoms with Crippen LogP contribution < -0.4 is 9.91 Å². The van der Waals surface area contributed by atoms with Gasteiger partial charge in [0, 0.05) is 0 Å². The summed E-state index contributed by atoms with van der Waals surface area (Å²) in [7, 11) is 0. The second-order valence-corrected chi connectivity index (χ2v) is 8.32. The molecule has 3 aromatic rings. The molecule has 3 aromatic carbocycles. The third kappa shape index (κ3) is 3.63. The first-order valence-electron chi connectivity index (χ1n) is 10.4. The van der Waals surface area contributed by atoms with Crippen molar-refractivity contribution in [1.82, 2.24) is 0 Å². The van der Waals surface area contributed by atoms with Crippen LogP contribution in [0.4, 0.5) is 11.4 Å². The number of aryl methyl sites for hydroxylation is 6. The van der Waals surface area contributed by atoms with Crippen LogP contribution in [-0.4, -0.2) is 6.34 Å². The number of rotatable bonds is 3. The Morgan fingerprint density at radius 3 is 1.70 bits per heavy atom. The highest BCUT2D eigenvalue weighted by molar-refractivity contribution is 5.94. The van der Waals surface area contributed by atoms with Gasteiger partial charge in [-0.1, -0.05) is 65.7 Å². The first-order chi connectivity index (χ1) is 14.3. The normalized spacial score (nSPS) is 14.8. The third-order valence-corrected chi connectivity index (χ3v) is 5.57. The fourth-order valence-corrected chi connectivity index (χ4v) is 4.56. The third-order valence-electron chi connectivity index (χ3n) is 5.57. The molecule has 1 aliphatic rings. The van der Waals surface area contributed by atoms with Crippen molar-refractivity contribution < 1.29 is 0 Å². The topological polar surface area (TPSA) is 18.8 Å². The standard InChI is InChI=1S/C27H29N3/c1-18-12-20(3)26(21(4)13-18)29-17-28-30(25(29)16-24-10-8-7-9-11-24)27-22(5)14-19(2)15-23(27)6/h7-17H,1-6H3. The van der Waals surface area contributed by atoms with Gasteiger partial charge in [-0.2, -0.15) is 5.10 Å². The Balaban J connectivity index is 1.90. The lowest BCUT2D eigenvalue weighted by atomic mass is 10.0. The molecule has 152 valence electrons. The van der Waals surface area contributed by atoms with E-state index in [1.165, 1.54) is 39.1 Å². The van der Waals surface area contributed by atoms with E-state index < -0.39 is 0 Å². The molecular weight excluding hydrogens is 366 g/mol. The van der Waals surface area contributed by atoms with E-state index in [0.29, 0.717) is 0 Å². The minimum atomic E-state index is 1.03. The van der Waals surface area contributed by atoms with Crippen molar-refractivity contribution in [3.8, 4) is 0 Å². The number of hydrogen-bond acceptors (Lipinski definition) is 3. The van der Waals surface area contributed by atoms with Gasteiger partial charge in [-0.25, -0.2) is 5.01 Å². The quantitative estimate of drug-likeness (QED) is 0.485. The summed E-state index contributed by atoms with van der Waals surface area (Å²) < 4.78 is 0. The van der Waals surface area contributed by atoms with Gasteiger partial charge in [0.1, 0.15) is 12.2 Å². The highest BCUT2D eigenvalue weighted by atomic mass is 15.6. The van der Waals surface area contributed by atoms with Gasteiger partial charge in [0.05, 0.1) is 11.4 Å². The maximum Gasteiger partial charge on any atom is 0.141 e. The van der Waals surface area contributed by atoms with Crippen LogP contribution in [0.5, 0.6) is 0 Å². The van der Waals surface area contributed by atoms with Gasteiger partial charge in [-0.15, -0.1) is 0 Å². The van der Waals surface area contributed by atoms with Gasteiger partial charge < -0.3 is 0 Å². The van der Waals surface area contributed by atoms with E-state index in [1.54, 1.807) is 0 Å². The van der Waals surface area contributed by atoms with E-state index in [1.807, 2.05) is 12.4 Å². The minimum Gasteiger partial charge on any atom is -0.283 e. The second-order valence-electron chi connectivity index (χ2n) is 8.32. The first-order valence-corrected chi connectivity index (χ1v) is 10.4. The van der Waals surface area contributed by atoms with Crippen LogP contribution in [0.1, 0.15) is 38.9 Å². The molecule has 0 unspecified atom stereocenters. The molecule has 0 saturated heterocycles. The van der Waals surface area contributed by atoms with Crippen molar-refractivity contribution in [2.45, 2.75) is 41.5 Å². The summed E-state index contributed by atoms with van der Waals surface area (Å²) in [5, 5.41) is 6.94. The molecule has 0 radical (unpaired) electrons. The van der Waals surface area contributed by atoms with Gasteiger partial charge in [-0.05, 0) is 75.4 Å². The zero-order valence-corrected chi connectivity index (χ0v) is 18.7. The first kappa shape index (κ1) is 20.0. The predicted molar refractivity (Wildman–Crippen MR) is 129 cm³/mol. The van der Waals surface area contributed by atoms with Crippen molar-refractivity contribution in [3.63, 3.8) is 0 Å². The Bertz CT molecular complexity index is 1040. The van der Waals surface area contributed by atoms with Gasteiger partial charge in [0.15, 0.2) is 0 Å². The molecule has 0 bridgehead atoms. The molecule has 0 aliphatic carbocycles. The number of hydrogen-bond donors (Lipinski definition) is 0. The summed E-state index contributed by atoms with van der Waals surface area (Å²) in [4.78, 5) is 2.22. The molecule has 30 heavy (non-hydrogen) atoms. The van der Waals surface area contributed by atoms with E-state index in [-0.39, 0.29) is 0 Å². The summed E-state index contributed by atoms with van der Waals surface area (Å²) >= 11 is 0. The van der Waals surface area contributed by atoms with Crippen molar-refractivity contribution >= 4 is 23.8 Å². The van der Waals surface area contributed by atoms with Gasteiger partial charge in [0.2, 0.25) is 0 Å². The van der Waals surface area contributed by atoms with Crippen LogP contribution >= 0.6 is 0 Å². The summed E-state index contributed by atoms with van der Waals surface area (Å²) in [6.07, 6.45) is 4.16.